The van der Waals surface area contributed by atoms with Crippen LogP contribution in [0.2, 0.25) is 5.02 Å². The van der Waals surface area contributed by atoms with Crippen LogP contribution in [0.4, 0.5) is 0 Å². The monoisotopic (exact) mass is 208 g/mol. The Morgan fingerprint density at radius 3 is 2.00 bits per heavy atom. The molecule has 2 rings (SSSR count). The van der Waals surface area contributed by atoms with Crippen LogP contribution in [0.1, 0.15) is 50.0 Å². The zero-order valence-electron chi connectivity index (χ0n) is 8.51. The summed E-state index contributed by atoms with van der Waals surface area (Å²) in [5.74, 6) is 0.787. The van der Waals surface area contributed by atoms with Crippen molar-refractivity contribution in [1.29, 1.82) is 0 Å². The molecular weight excluding hydrogens is 192 g/mol. The molecule has 0 bridgehead atoms. The molecule has 0 saturated heterocycles. The van der Waals surface area contributed by atoms with E-state index in [1.54, 1.807) is 0 Å². The Morgan fingerprint density at radius 1 is 0.857 bits per heavy atom. The van der Waals surface area contributed by atoms with Crippen LogP contribution in [0.15, 0.2) is 24.3 Å². The van der Waals surface area contributed by atoms with Gasteiger partial charge < -0.3 is 0 Å². The summed E-state index contributed by atoms with van der Waals surface area (Å²) in [5.41, 5.74) is 1.48. The molecule has 0 spiro atoms. The summed E-state index contributed by atoms with van der Waals surface area (Å²) in [7, 11) is 0. The summed E-state index contributed by atoms with van der Waals surface area (Å²) in [4.78, 5) is 0. The van der Waals surface area contributed by atoms with Crippen molar-refractivity contribution in [3.63, 3.8) is 0 Å². The van der Waals surface area contributed by atoms with Crippen molar-refractivity contribution >= 4 is 11.6 Å². The molecule has 1 heteroatoms. The predicted molar refractivity (Wildman–Crippen MR) is 61.9 cm³/mol. The third-order valence-corrected chi connectivity index (χ3v) is 3.45. The number of benzene rings is 1. The number of rotatable bonds is 1. The van der Waals surface area contributed by atoms with Gasteiger partial charge in [0.2, 0.25) is 0 Å². The van der Waals surface area contributed by atoms with Crippen LogP contribution in [0.25, 0.3) is 0 Å². The third kappa shape index (κ3) is 2.51. The fourth-order valence-corrected chi connectivity index (χ4v) is 2.47. The van der Waals surface area contributed by atoms with Crippen molar-refractivity contribution in [2.75, 3.05) is 0 Å². The normalized spacial score (nSPS) is 19.2. The lowest BCUT2D eigenvalue weighted by atomic mass is 9.92. The zero-order chi connectivity index (χ0) is 9.80. The first kappa shape index (κ1) is 10.0. The van der Waals surface area contributed by atoms with E-state index < -0.39 is 0 Å². The van der Waals surface area contributed by atoms with E-state index in [0.29, 0.717) is 0 Å². The Balaban J connectivity index is 2.08. The largest absolute Gasteiger partial charge is 0.0843 e. The first-order valence-corrected chi connectivity index (χ1v) is 5.99. The van der Waals surface area contributed by atoms with E-state index in [1.165, 1.54) is 44.1 Å². The molecule has 14 heavy (non-hydrogen) atoms. The lowest BCUT2D eigenvalue weighted by Gasteiger charge is -2.14. The lowest BCUT2D eigenvalue weighted by Crippen LogP contribution is -1.96. The summed E-state index contributed by atoms with van der Waals surface area (Å²) >= 11 is 5.88. The van der Waals surface area contributed by atoms with E-state index in [4.69, 9.17) is 11.6 Å². The maximum atomic E-state index is 5.88. The van der Waals surface area contributed by atoms with Gasteiger partial charge in [-0.3, -0.25) is 0 Å². The molecule has 1 aliphatic rings. The predicted octanol–water partition coefficient (Wildman–Crippen LogP) is 4.78. The molecule has 76 valence electrons. The molecule has 0 aliphatic heterocycles. The highest BCUT2D eigenvalue weighted by molar-refractivity contribution is 6.30. The van der Waals surface area contributed by atoms with E-state index in [-0.39, 0.29) is 0 Å². The minimum atomic E-state index is 0.787. The van der Waals surface area contributed by atoms with Gasteiger partial charge in [-0.25, -0.2) is 0 Å². The average Bonchev–Trinajstić information content (AvgIpc) is 2.47. The highest BCUT2D eigenvalue weighted by Gasteiger charge is 2.13. The smallest absolute Gasteiger partial charge is 0.0406 e. The van der Waals surface area contributed by atoms with Crippen LogP contribution >= 0.6 is 11.6 Å². The van der Waals surface area contributed by atoms with Gasteiger partial charge in [-0.15, -0.1) is 0 Å². The van der Waals surface area contributed by atoms with Gasteiger partial charge in [0.05, 0.1) is 0 Å². The van der Waals surface area contributed by atoms with E-state index >= 15 is 0 Å². The van der Waals surface area contributed by atoms with Gasteiger partial charge in [0.15, 0.2) is 0 Å². The Labute approximate surface area is 91.3 Å². The Hall–Kier alpha value is -0.490. The zero-order valence-corrected chi connectivity index (χ0v) is 9.26. The van der Waals surface area contributed by atoms with Crippen molar-refractivity contribution in [2.24, 2.45) is 0 Å². The second kappa shape index (κ2) is 4.84. The van der Waals surface area contributed by atoms with Crippen LogP contribution in [0.3, 0.4) is 0 Å². The van der Waals surface area contributed by atoms with Crippen LogP contribution in [-0.4, -0.2) is 0 Å². The first-order valence-electron chi connectivity index (χ1n) is 5.62. The second-order valence-corrected chi connectivity index (χ2v) is 4.68. The van der Waals surface area contributed by atoms with E-state index in [0.717, 1.165) is 10.9 Å². The van der Waals surface area contributed by atoms with E-state index in [9.17, 15) is 0 Å². The molecule has 0 unspecified atom stereocenters. The third-order valence-electron chi connectivity index (χ3n) is 3.20. The molecule has 0 radical (unpaired) electrons. The molecule has 0 heterocycles. The van der Waals surface area contributed by atoms with Crippen molar-refractivity contribution in [2.45, 2.75) is 44.4 Å². The second-order valence-electron chi connectivity index (χ2n) is 4.24. The summed E-state index contributed by atoms with van der Waals surface area (Å²) in [6.45, 7) is 0. The van der Waals surface area contributed by atoms with Crippen molar-refractivity contribution in [1.82, 2.24) is 0 Å². The van der Waals surface area contributed by atoms with E-state index in [1.807, 2.05) is 12.1 Å². The average molecular weight is 209 g/mol. The molecule has 1 fully saturated rings. The van der Waals surface area contributed by atoms with Gasteiger partial charge in [0.25, 0.3) is 0 Å². The van der Waals surface area contributed by atoms with Crippen LogP contribution < -0.4 is 0 Å². The molecule has 0 N–H and O–H groups in total. The topological polar surface area (TPSA) is 0 Å². The van der Waals surface area contributed by atoms with Gasteiger partial charge in [0.1, 0.15) is 0 Å². The maximum Gasteiger partial charge on any atom is 0.0406 e. The Kier molecular flexibility index (Phi) is 3.47. The van der Waals surface area contributed by atoms with Gasteiger partial charge in [-0.1, -0.05) is 49.4 Å². The number of hydrogen-bond donors (Lipinski definition) is 0. The van der Waals surface area contributed by atoms with Crippen molar-refractivity contribution < 1.29 is 0 Å². The summed E-state index contributed by atoms with van der Waals surface area (Å²) in [6.07, 6.45) is 8.36. The minimum Gasteiger partial charge on any atom is -0.0843 e. The number of hydrogen-bond acceptors (Lipinski definition) is 0. The fraction of sp³-hybridized carbons (Fsp3) is 0.538. The quantitative estimate of drug-likeness (QED) is 0.583. The van der Waals surface area contributed by atoms with Gasteiger partial charge in [-0.05, 0) is 36.5 Å². The van der Waals surface area contributed by atoms with Gasteiger partial charge >= 0.3 is 0 Å². The lowest BCUT2D eigenvalue weighted by molar-refractivity contribution is 0.592. The van der Waals surface area contributed by atoms with Gasteiger partial charge in [-0.2, -0.15) is 0 Å². The Bertz CT molecular complexity index is 268. The molecule has 0 amide bonds. The highest BCUT2D eigenvalue weighted by atomic mass is 35.5. The fourth-order valence-electron chi connectivity index (χ4n) is 2.35. The van der Waals surface area contributed by atoms with Crippen molar-refractivity contribution in [3.8, 4) is 0 Å². The molecule has 1 aromatic rings. The summed E-state index contributed by atoms with van der Waals surface area (Å²) in [5, 5.41) is 0.849. The maximum absolute atomic E-state index is 5.88. The van der Waals surface area contributed by atoms with Crippen LogP contribution in [-0.2, 0) is 0 Å². The molecule has 1 aliphatic carbocycles. The highest BCUT2D eigenvalue weighted by Crippen LogP contribution is 2.31. The first-order chi connectivity index (χ1) is 6.86. The van der Waals surface area contributed by atoms with Crippen LogP contribution in [0.5, 0.6) is 0 Å². The molecule has 1 aromatic carbocycles. The van der Waals surface area contributed by atoms with Crippen LogP contribution in [0, 0.1) is 0 Å². The number of halogens is 1. The minimum absolute atomic E-state index is 0.787. The summed E-state index contributed by atoms with van der Waals surface area (Å²) < 4.78 is 0. The Morgan fingerprint density at radius 2 is 1.43 bits per heavy atom. The molecule has 0 nitrogen and oxygen atoms in total. The SMILES string of the molecule is Clc1ccc(C2CCCCCC2)cc1. The molecular formula is C13H17Cl. The van der Waals surface area contributed by atoms with E-state index in [2.05, 4.69) is 12.1 Å². The molecule has 0 aromatic heterocycles. The van der Waals surface area contributed by atoms with Crippen molar-refractivity contribution in [3.05, 3.63) is 34.9 Å². The summed E-state index contributed by atoms with van der Waals surface area (Å²) in [6, 6.07) is 8.42. The molecule has 1 saturated carbocycles. The molecule has 0 atom stereocenters. The van der Waals surface area contributed by atoms with Gasteiger partial charge in [0, 0.05) is 5.02 Å². The standard InChI is InChI=1S/C13H17Cl/c14-13-9-7-12(8-10-13)11-5-3-1-2-4-6-11/h7-11H,1-6H2.